The lowest BCUT2D eigenvalue weighted by Gasteiger charge is -2.24. The molecule has 1 aliphatic carbocycles. The minimum Gasteiger partial charge on any atom is -0.277 e. The number of amides is 4. The molecule has 4 amide bonds. The standard InChI is InChI=1S/C7H12.C6H8N2O3/c1-7-5-3-2-4-6-7;1-3-4(9)7-6(11)8(2)5(3)10/h5H,2-4,6H2,1H3;3H,1-2H3,(H,7,9,11). The van der Waals surface area contributed by atoms with Crippen LogP contribution >= 0.6 is 0 Å². The summed E-state index contributed by atoms with van der Waals surface area (Å²) in [5, 5.41) is 2.04. The molecule has 0 aromatic carbocycles. The van der Waals surface area contributed by atoms with E-state index >= 15 is 0 Å². The lowest BCUT2D eigenvalue weighted by molar-refractivity contribution is -0.140. The van der Waals surface area contributed by atoms with E-state index in [2.05, 4.69) is 13.0 Å². The van der Waals surface area contributed by atoms with Gasteiger partial charge in [0.25, 0.3) is 0 Å². The number of nitrogens with one attached hydrogen (secondary N) is 1. The molecule has 0 radical (unpaired) electrons. The third kappa shape index (κ3) is 3.68. The summed E-state index contributed by atoms with van der Waals surface area (Å²) < 4.78 is 0. The van der Waals surface area contributed by atoms with Crippen LogP contribution < -0.4 is 5.32 Å². The highest BCUT2D eigenvalue weighted by Gasteiger charge is 2.34. The molecule has 1 atom stereocenters. The average molecular weight is 252 g/mol. The summed E-state index contributed by atoms with van der Waals surface area (Å²) in [5.41, 5.74) is 1.59. The number of allylic oxidation sites excluding steroid dienone is 2. The van der Waals surface area contributed by atoms with E-state index in [1.807, 2.05) is 5.32 Å². The summed E-state index contributed by atoms with van der Waals surface area (Å²) >= 11 is 0. The van der Waals surface area contributed by atoms with Gasteiger partial charge in [-0.05, 0) is 39.5 Å². The molecule has 2 rings (SSSR count). The number of nitrogens with zero attached hydrogens (tertiary/aromatic N) is 1. The molecule has 0 aromatic rings. The topological polar surface area (TPSA) is 66.5 Å². The minimum absolute atomic E-state index is 0.459. The summed E-state index contributed by atoms with van der Waals surface area (Å²) in [5.74, 6) is -1.74. The summed E-state index contributed by atoms with van der Waals surface area (Å²) in [6.45, 7) is 3.68. The summed E-state index contributed by atoms with van der Waals surface area (Å²) in [7, 11) is 1.33. The largest absolute Gasteiger partial charge is 0.330 e. The molecule has 100 valence electrons. The Kier molecular flexibility index (Phi) is 5.07. The third-order valence-corrected chi connectivity index (χ3v) is 3.15. The van der Waals surface area contributed by atoms with Gasteiger partial charge in [-0.1, -0.05) is 11.6 Å². The van der Waals surface area contributed by atoms with Crippen molar-refractivity contribution < 1.29 is 14.4 Å². The third-order valence-electron chi connectivity index (χ3n) is 3.15. The molecule has 18 heavy (non-hydrogen) atoms. The van der Waals surface area contributed by atoms with E-state index in [-0.39, 0.29) is 0 Å². The molecule has 1 saturated heterocycles. The van der Waals surface area contributed by atoms with E-state index in [0.29, 0.717) is 0 Å². The minimum atomic E-state index is -0.752. The predicted octanol–water partition coefficient (Wildman–Crippen LogP) is 1.84. The first-order valence-electron chi connectivity index (χ1n) is 6.21. The van der Waals surface area contributed by atoms with Gasteiger partial charge in [0.15, 0.2) is 0 Å². The molecule has 5 heteroatoms. The second-order valence-electron chi connectivity index (χ2n) is 4.71. The maximum absolute atomic E-state index is 11.0. The monoisotopic (exact) mass is 252 g/mol. The van der Waals surface area contributed by atoms with Crippen LogP contribution in [0.5, 0.6) is 0 Å². The Bertz CT molecular complexity index is 366. The maximum Gasteiger partial charge on any atom is 0.330 e. The van der Waals surface area contributed by atoms with Crippen LogP contribution in [-0.4, -0.2) is 29.8 Å². The van der Waals surface area contributed by atoms with Gasteiger partial charge in [-0.15, -0.1) is 0 Å². The average Bonchev–Trinajstić information content (AvgIpc) is 2.36. The Hall–Kier alpha value is -1.65. The van der Waals surface area contributed by atoms with E-state index in [4.69, 9.17) is 0 Å². The number of urea groups is 1. The highest BCUT2D eigenvalue weighted by Crippen LogP contribution is 2.15. The van der Waals surface area contributed by atoms with Crippen molar-refractivity contribution in [1.29, 1.82) is 0 Å². The Morgan fingerprint density at radius 3 is 2.39 bits per heavy atom. The molecule has 0 aromatic heterocycles. The SMILES string of the molecule is CC1=CCCCC1.CC1C(=O)NC(=O)N(C)C1=O. The van der Waals surface area contributed by atoms with Gasteiger partial charge in [-0.3, -0.25) is 19.8 Å². The van der Waals surface area contributed by atoms with Crippen LogP contribution in [0.4, 0.5) is 4.79 Å². The highest BCUT2D eigenvalue weighted by atomic mass is 16.2. The molecule has 0 bridgehead atoms. The number of barbiturate groups is 1. The molecule has 0 spiro atoms. The first-order chi connectivity index (χ1) is 8.43. The molecule has 1 heterocycles. The van der Waals surface area contributed by atoms with E-state index in [1.54, 1.807) is 5.57 Å². The first kappa shape index (κ1) is 14.4. The maximum atomic E-state index is 11.0. The Labute approximate surface area is 107 Å². The van der Waals surface area contributed by atoms with Crippen LogP contribution in [0.25, 0.3) is 0 Å². The quantitative estimate of drug-likeness (QED) is 0.528. The van der Waals surface area contributed by atoms with Gasteiger partial charge in [0.2, 0.25) is 11.8 Å². The van der Waals surface area contributed by atoms with Crippen molar-refractivity contribution in [3.63, 3.8) is 0 Å². The van der Waals surface area contributed by atoms with Gasteiger partial charge in [0.1, 0.15) is 5.92 Å². The molecule has 5 nitrogen and oxygen atoms in total. The Balaban J connectivity index is 0.000000199. The summed E-state index contributed by atoms with van der Waals surface area (Å²) in [6, 6.07) is -0.655. The van der Waals surface area contributed by atoms with E-state index in [9.17, 15) is 14.4 Å². The molecule has 1 fully saturated rings. The number of carbonyl (C=O) groups is 3. The van der Waals surface area contributed by atoms with Crippen molar-refractivity contribution in [3.05, 3.63) is 11.6 Å². The normalized spacial score (nSPS) is 23.9. The second-order valence-corrected chi connectivity index (χ2v) is 4.71. The molecule has 1 aliphatic heterocycles. The van der Waals surface area contributed by atoms with Crippen molar-refractivity contribution in [2.45, 2.75) is 39.5 Å². The second kappa shape index (κ2) is 6.33. The molecule has 1 unspecified atom stereocenters. The highest BCUT2D eigenvalue weighted by molar-refractivity contribution is 6.15. The fourth-order valence-corrected chi connectivity index (χ4v) is 1.80. The zero-order valence-corrected chi connectivity index (χ0v) is 11.2. The lowest BCUT2D eigenvalue weighted by Crippen LogP contribution is -2.55. The number of imide groups is 2. The number of carbonyl (C=O) groups excluding carboxylic acids is 3. The fraction of sp³-hybridized carbons (Fsp3) is 0.615. The van der Waals surface area contributed by atoms with E-state index < -0.39 is 23.8 Å². The van der Waals surface area contributed by atoms with Crippen molar-refractivity contribution in [2.24, 2.45) is 5.92 Å². The zero-order chi connectivity index (χ0) is 13.7. The molecular formula is C13H20N2O3. The van der Waals surface area contributed by atoms with Crippen LogP contribution in [0, 0.1) is 5.92 Å². The lowest BCUT2D eigenvalue weighted by atomic mass is 10.0. The van der Waals surface area contributed by atoms with Crippen molar-refractivity contribution in [3.8, 4) is 0 Å². The number of hydrogen-bond donors (Lipinski definition) is 1. The van der Waals surface area contributed by atoms with Gasteiger partial charge >= 0.3 is 6.03 Å². The smallest absolute Gasteiger partial charge is 0.277 e. The Morgan fingerprint density at radius 1 is 1.28 bits per heavy atom. The van der Waals surface area contributed by atoms with Gasteiger partial charge in [0.05, 0.1) is 0 Å². The van der Waals surface area contributed by atoms with Crippen LogP contribution in [0.3, 0.4) is 0 Å². The van der Waals surface area contributed by atoms with Gasteiger partial charge in [0, 0.05) is 7.05 Å². The zero-order valence-electron chi connectivity index (χ0n) is 11.2. The van der Waals surface area contributed by atoms with Gasteiger partial charge in [-0.25, -0.2) is 4.79 Å². The van der Waals surface area contributed by atoms with Crippen molar-refractivity contribution in [2.75, 3.05) is 7.05 Å². The van der Waals surface area contributed by atoms with Crippen LogP contribution in [0.1, 0.15) is 39.5 Å². The predicted molar refractivity (Wildman–Crippen MR) is 67.7 cm³/mol. The summed E-state index contributed by atoms with van der Waals surface area (Å²) in [4.78, 5) is 33.4. The molecule has 2 aliphatic rings. The van der Waals surface area contributed by atoms with Crippen LogP contribution in [0.15, 0.2) is 11.6 Å². The fourth-order valence-electron chi connectivity index (χ4n) is 1.80. The number of rotatable bonds is 0. The van der Waals surface area contributed by atoms with Crippen molar-refractivity contribution in [1.82, 2.24) is 10.2 Å². The Morgan fingerprint density at radius 2 is 1.94 bits per heavy atom. The van der Waals surface area contributed by atoms with Gasteiger partial charge < -0.3 is 0 Å². The van der Waals surface area contributed by atoms with Crippen molar-refractivity contribution >= 4 is 17.8 Å². The number of hydrogen-bond acceptors (Lipinski definition) is 3. The van der Waals surface area contributed by atoms with E-state index in [0.717, 1.165) is 4.90 Å². The summed E-state index contributed by atoms with van der Waals surface area (Å²) in [6.07, 6.45) is 7.86. The molecule has 0 saturated carbocycles. The van der Waals surface area contributed by atoms with Crippen LogP contribution in [-0.2, 0) is 9.59 Å². The van der Waals surface area contributed by atoms with Gasteiger partial charge in [-0.2, -0.15) is 0 Å². The molecular weight excluding hydrogens is 232 g/mol. The molecule has 1 N–H and O–H groups in total. The first-order valence-corrected chi connectivity index (χ1v) is 6.21. The van der Waals surface area contributed by atoms with E-state index in [1.165, 1.54) is 39.7 Å². The van der Waals surface area contributed by atoms with Crippen LogP contribution in [0.2, 0.25) is 0 Å².